The number of carbonyl (C=O) groups excluding carboxylic acids is 2. The van der Waals surface area contributed by atoms with Gasteiger partial charge >= 0.3 is 6.03 Å². The second-order valence-corrected chi connectivity index (χ2v) is 7.21. The van der Waals surface area contributed by atoms with Crippen LogP contribution in [0.15, 0.2) is 22.8 Å². The van der Waals surface area contributed by atoms with Crippen molar-refractivity contribution in [1.82, 2.24) is 4.98 Å². The molecule has 0 bridgehead atoms. The number of hydrogen-bond donors (Lipinski definition) is 1. The number of rotatable bonds is 3. The number of hydrogen-bond acceptors (Lipinski definition) is 3. The number of urea groups is 1. The van der Waals surface area contributed by atoms with E-state index in [2.05, 4.69) is 20.9 Å². The first-order valence-electron chi connectivity index (χ1n) is 8.59. The number of pyridine rings is 1. The topological polar surface area (TPSA) is 62.3 Å². The molecule has 0 aliphatic heterocycles. The zero-order valence-corrected chi connectivity index (χ0v) is 17.7. The summed E-state index contributed by atoms with van der Waals surface area (Å²) in [5, 5.41) is 1.14. The maximum absolute atomic E-state index is 14.2. The van der Waals surface area contributed by atoms with Crippen molar-refractivity contribution in [3.8, 4) is 0 Å². The van der Waals surface area contributed by atoms with Gasteiger partial charge in [0.05, 0.1) is 0 Å². The summed E-state index contributed by atoms with van der Waals surface area (Å²) >= 11 is 2.91. The van der Waals surface area contributed by atoms with Crippen molar-refractivity contribution >= 4 is 39.4 Å². The molecule has 1 N–H and O–H groups in total. The first kappa shape index (κ1) is 25.9. The Morgan fingerprint density at radius 1 is 0.686 bits per heavy atom. The van der Waals surface area contributed by atoms with Gasteiger partial charge in [-0.15, -0.1) is 0 Å². The van der Waals surface area contributed by atoms with Crippen LogP contribution in [0.2, 0.25) is 0 Å². The van der Waals surface area contributed by atoms with Crippen molar-refractivity contribution in [3.05, 3.63) is 86.5 Å². The van der Waals surface area contributed by atoms with Crippen LogP contribution >= 0.6 is 15.9 Å². The highest BCUT2D eigenvalue weighted by Crippen LogP contribution is 2.30. The summed E-state index contributed by atoms with van der Waals surface area (Å²) in [5.41, 5.74) is -4.17. The van der Waals surface area contributed by atoms with E-state index in [1.807, 2.05) is 0 Å². The van der Waals surface area contributed by atoms with Gasteiger partial charge < -0.3 is 5.32 Å². The van der Waals surface area contributed by atoms with Gasteiger partial charge in [-0.2, -0.15) is 0 Å². The Bertz CT molecular complexity index is 1330. The second kappa shape index (κ2) is 9.52. The molecule has 0 aliphatic carbocycles. The van der Waals surface area contributed by atoms with Crippen LogP contribution < -0.4 is 10.2 Å². The molecule has 1 aromatic heterocycles. The van der Waals surface area contributed by atoms with Crippen LogP contribution in [0.1, 0.15) is 10.4 Å². The molecule has 0 saturated heterocycles. The Morgan fingerprint density at radius 2 is 1.11 bits per heavy atom. The third-order valence-corrected chi connectivity index (χ3v) is 4.68. The number of nitrogens with one attached hydrogen (secondary N) is 1. The fourth-order valence-corrected chi connectivity index (χ4v) is 2.82. The van der Waals surface area contributed by atoms with Crippen LogP contribution in [0.4, 0.5) is 60.2 Å². The van der Waals surface area contributed by atoms with Gasteiger partial charge in [-0.05, 0) is 28.1 Å². The molecule has 3 rings (SSSR count). The molecule has 3 amide bonds. The summed E-state index contributed by atoms with van der Waals surface area (Å²) in [6, 6.07) is -0.309. The molecule has 0 spiro atoms. The van der Waals surface area contributed by atoms with Crippen molar-refractivity contribution in [2.45, 2.75) is 0 Å². The Morgan fingerprint density at radius 3 is 1.54 bits per heavy atom. The second-order valence-electron chi connectivity index (χ2n) is 6.30. The van der Waals surface area contributed by atoms with Crippen molar-refractivity contribution in [2.75, 3.05) is 10.2 Å². The predicted molar refractivity (Wildman–Crippen MR) is 100 cm³/mol. The first-order chi connectivity index (χ1) is 16.3. The minimum absolute atomic E-state index is 0.185. The minimum atomic E-state index is -2.66. The molecule has 5 nitrogen and oxygen atoms in total. The van der Waals surface area contributed by atoms with Gasteiger partial charge in [-0.1, -0.05) is 0 Å². The van der Waals surface area contributed by atoms with E-state index in [0.717, 1.165) is 23.6 Å². The van der Waals surface area contributed by atoms with Gasteiger partial charge in [0.25, 0.3) is 5.91 Å². The molecule has 0 aliphatic rings. The molecule has 0 saturated carbocycles. The van der Waals surface area contributed by atoms with E-state index in [1.54, 1.807) is 0 Å². The minimum Gasteiger partial charge on any atom is -0.302 e. The number of carbonyl (C=O) groups is 2. The van der Waals surface area contributed by atoms with Crippen molar-refractivity contribution in [2.24, 2.45) is 0 Å². The summed E-state index contributed by atoms with van der Waals surface area (Å²) in [5.74, 6) is -29.1. The van der Waals surface area contributed by atoms with E-state index in [4.69, 9.17) is 0 Å². The van der Waals surface area contributed by atoms with Crippen LogP contribution in [0, 0.1) is 58.2 Å². The fourth-order valence-electron chi connectivity index (χ4n) is 2.58. The average Bonchev–Trinajstić information content (AvgIpc) is 2.83. The Hall–Kier alpha value is -3.69. The van der Waals surface area contributed by atoms with E-state index >= 15 is 0 Å². The summed E-state index contributed by atoms with van der Waals surface area (Å²) in [4.78, 5) is 28.5. The molecule has 2 aromatic carbocycles. The predicted octanol–water partition coefficient (Wildman–Crippen LogP) is 6.11. The quantitative estimate of drug-likeness (QED) is 0.233. The summed E-state index contributed by atoms with van der Waals surface area (Å²) in [6.07, 6.45) is 0.875. The van der Waals surface area contributed by atoms with Crippen LogP contribution in [0.5, 0.6) is 0 Å². The summed E-state index contributed by atoms with van der Waals surface area (Å²) in [7, 11) is 0. The zero-order valence-electron chi connectivity index (χ0n) is 16.1. The number of benzene rings is 2. The summed E-state index contributed by atoms with van der Waals surface area (Å²) < 4.78 is 137. The molecule has 16 heteroatoms. The molecule has 184 valence electrons. The van der Waals surface area contributed by atoms with E-state index in [-0.39, 0.29) is 4.47 Å². The number of anilines is 2. The molecule has 3 aromatic rings. The Kier molecular flexibility index (Phi) is 7.05. The van der Waals surface area contributed by atoms with E-state index in [0.29, 0.717) is 0 Å². The van der Waals surface area contributed by atoms with Gasteiger partial charge in [-0.3, -0.25) is 4.79 Å². The maximum Gasteiger partial charge on any atom is 0.334 e. The highest BCUT2D eigenvalue weighted by Gasteiger charge is 2.37. The SMILES string of the molecule is O=C(Nc1c(F)c(F)c(F)c(F)c1F)N(C(=O)c1c(F)c(F)c(F)c(F)c1F)c1ccc(Br)cn1. The normalized spacial score (nSPS) is 10.9. The number of nitrogens with zero attached hydrogens (tertiary/aromatic N) is 2. The molecular formula is C19H4BrF10N3O2. The average molecular weight is 576 g/mol. The van der Waals surface area contributed by atoms with E-state index < -0.39 is 92.1 Å². The van der Waals surface area contributed by atoms with Crippen LogP contribution in [0.25, 0.3) is 0 Å². The van der Waals surface area contributed by atoms with Gasteiger partial charge in [0.15, 0.2) is 46.5 Å². The van der Waals surface area contributed by atoms with Gasteiger partial charge in [0.1, 0.15) is 17.1 Å². The lowest BCUT2D eigenvalue weighted by Gasteiger charge is -2.22. The smallest absolute Gasteiger partial charge is 0.302 e. The lowest BCUT2D eigenvalue weighted by molar-refractivity contribution is 0.0983. The maximum atomic E-state index is 14.2. The molecule has 0 radical (unpaired) electrons. The largest absolute Gasteiger partial charge is 0.334 e. The number of imide groups is 1. The number of aromatic nitrogens is 1. The van der Waals surface area contributed by atoms with Crippen LogP contribution in [-0.4, -0.2) is 16.9 Å². The Labute approximate surface area is 195 Å². The molecule has 35 heavy (non-hydrogen) atoms. The van der Waals surface area contributed by atoms with E-state index in [9.17, 15) is 53.5 Å². The molecule has 0 fully saturated rings. The van der Waals surface area contributed by atoms with Crippen molar-refractivity contribution < 1.29 is 53.5 Å². The highest BCUT2D eigenvalue weighted by molar-refractivity contribution is 9.10. The molecule has 0 unspecified atom stereocenters. The first-order valence-corrected chi connectivity index (χ1v) is 9.38. The third kappa shape index (κ3) is 4.40. The van der Waals surface area contributed by atoms with Gasteiger partial charge in [0.2, 0.25) is 11.6 Å². The van der Waals surface area contributed by atoms with Crippen LogP contribution in [-0.2, 0) is 0 Å². The van der Waals surface area contributed by atoms with Crippen molar-refractivity contribution in [1.29, 1.82) is 0 Å². The third-order valence-electron chi connectivity index (χ3n) is 4.21. The van der Waals surface area contributed by atoms with Gasteiger partial charge in [0, 0.05) is 10.7 Å². The lowest BCUT2D eigenvalue weighted by atomic mass is 10.1. The highest BCUT2D eigenvalue weighted by atomic mass is 79.9. The van der Waals surface area contributed by atoms with Crippen molar-refractivity contribution in [3.63, 3.8) is 0 Å². The van der Waals surface area contributed by atoms with E-state index in [1.165, 1.54) is 0 Å². The molecular weight excluding hydrogens is 572 g/mol. The number of halogens is 11. The van der Waals surface area contributed by atoms with Crippen LogP contribution in [0.3, 0.4) is 0 Å². The van der Waals surface area contributed by atoms with Gasteiger partial charge in [-0.25, -0.2) is 58.6 Å². The zero-order chi connectivity index (χ0) is 26.4. The summed E-state index contributed by atoms with van der Waals surface area (Å²) in [6.45, 7) is 0. The monoisotopic (exact) mass is 575 g/mol. The molecule has 0 atom stereocenters. The lowest BCUT2D eigenvalue weighted by Crippen LogP contribution is -2.42. The number of amides is 3. The molecule has 1 heterocycles. The fraction of sp³-hybridized carbons (Fsp3) is 0. The standard InChI is InChI=1S/C19H4BrF10N3O2/c20-4-1-2-5(31-3-4)33(18(34)6-7(21)9(23)11(25)10(24)8(6)22)19(35)32-17-15(29)13(27)12(26)14(28)16(17)30/h1-3H,(H,32,35). The Balaban J connectivity index is 2.19.